The van der Waals surface area contributed by atoms with Crippen LogP contribution in [0.3, 0.4) is 0 Å². The average molecular weight is 341 g/mol. The average Bonchev–Trinajstić information content (AvgIpc) is 2.80. The van der Waals surface area contributed by atoms with E-state index < -0.39 is 23.7 Å². The number of aliphatic hydroxyl groups is 1. The SMILES string of the molecule is O=C(c1ccncc1)N1N=C2CCCCCC[C@H]2[C@@]1(O)C(F)(F)F. The molecule has 5 nitrogen and oxygen atoms in total. The number of hydrogen-bond acceptors (Lipinski definition) is 4. The molecule has 0 unspecified atom stereocenters. The number of amides is 1. The Morgan fingerprint density at radius 2 is 1.88 bits per heavy atom. The second-order valence-electron chi connectivity index (χ2n) is 6.17. The summed E-state index contributed by atoms with van der Waals surface area (Å²) in [5.41, 5.74) is -3.02. The largest absolute Gasteiger partial charge is 0.439 e. The van der Waals surface area contributed by atoms with E-state index in [-0.39, 0.29) is 22.7 Å². The van der Waals surface area contributed by atoms with Crippen molar-refractivity contribution < 1.29 is 23.1 Å². The molecule has 2 atom stereocenters. The van der Waals surface area contributed by atoms with E-state index in [1.807, 2.05) is 0 Å². The maximum atomic E-state index is 13.7. The van der Waals surface area contributed by atoms with Crippen LogP contribution < -0.4 is 0 Å². The first-order chi connectivity index (χ1) is 11.4. The lowest BCUT2D eigenvalue weighted by Crippen LogP contribution is -2.61. The third-order valence-electron chi connectivity index (χ3n) is 4.65. The summed E-state index contributed by atoms with van der Waals surface area (Å²) in [4.78, 5) is 16.3. The number of carbonyl (C=O) groups is 1. The van der Waals surface area contributed by atoms with Crippen molar-refractivity contribution in [1.29, 1.82) is 0 Å². The molecule has 1 saturated carbocycles. The van der Waals surface area contributed by atoms with Gasteiger partial charge in [-0.3, -0.25) is 9.78 Å². The summed E-state index contributed by atoms with van der Waals surface area (Å²) in [6, 6.07) is 2.61. The Balaban J connectivity index is 2.03. The number of rotatable bonds is 1. The van der Waals surface area contributed by atoms with Crippen LogP contribution >= 0.6 is 0 Å². The maximum absolute atomic E-state index is 13.7. The summed E-state index contributed by atoms with van der Waals surface area (Å²) in [5.74, 6) is -2.18. The Bertz CT molecular complexity index is 648. The maximum Gasteiger partial charge on any atom is 0.439 e. The van der Waals surface area contributed by atoms with E-state index in [2.05, 4.69) is 10.1 Å². The molecule has 3 rings (SSSR count). The van der Waals surface area contributed by atoms with Crippen LogP contribution in [0.5, 0.6) is 0 Å². The van der Waals surface area contributed by atoms with Crippen LogP contribution in [0.25, 0.3) is 0 Å². The zero-order valence-corrected chi connectivity index (χ0v) is 13.0. The second-order valence-corrected chi connectivity index (χ2v) is 6.17. The highest BCUT2D eigenvalue weighted by molar-refractivity contribution is 5.99. The van der Waals surface area contributed by atoms with Gasteiger partial charge in [0.25, 0.3) is 11.6 Å². The Hall–Kier alpha value is -1.96. The molecule has 2 aliphatic rings. The van der Waals surface area contributed by atoms with Crippen molar-refractivity contribution >= 4 is 11.6 Å². The van der Waals surface area contributed by atoms with Gasteiger partial charge in [0, 0.05) is 23.7 Å². The first-order valence-electron chi connectivity index (χ1n) is 7.97. The van der Waals surface area contributed by atoms with Crippen LogP contribution in [-0.4, -0.2) is 38.6 Å². The first kappa shape index (κ1) is 16.9. The minimum absolute atomic E-state index is 0.00583. The summed E-state index contributed by atoms with van der Waals surface area (Å²) in [5, 5.41) is 14.7. The zero-order valence-electron chi connectivity index (χ0n) is 13.0. The molecule has 8 heteroatoms. The van der Waals surface area contributed by atoms with E-state index in [1.54, 1.807) is 0 Å². The number of hydrazone groups is 1. The molecule has 2 heterocycles. The molecule has 1 aliphatic carbocycles. The molecule has 1 aromatic heterocycles. The highest BCUT2D eigenvalue weighted by Gasteiger charge is 2.68. The van der Waals surface area contributed by atoms with Crippen molar-refractivity contribution in [2.75, 3.05) is 0 Å². The highest BCUT2D eigenvalue weighted by Crippen LogP contribution is 2.47. The van der Waals surface area contributed by atoms with Gasteiger partial charge in [-0.15, -0.1) is 0 Å². The van der Waals surface area contributed by atoms with E-state index in [9.17, 15) is 23.1 Å². The molecule has 24 heavy (non-hydrogen) atoms. The summed E-state index contributed by atoms with van der Waals surface area (Å²) in [6.07, 6.45) is 1.16. The summed E-state index contributed by atoms with van der Waals surface area (Å²) < 4.78 is 41.2. The number of hydrogen-bond donors (Lipinski definition) is 1. The number of aromatic nitrogens is 1. The molecule has 0 radical (unpaired) electrons. The van der Waals surface area contributed by atoms with Crippen LogP contribution in [0.4, 0.5) is 13.2 Å². The van der Waals surface area contributed by atoms with Crippen molar-refractivity contribution in [3.05, 3.63) is 30.1 Å². The molecule has 1 amide bonds. The van der Waals surface area contributed by atoms with Crippen molar-refractivity contribution in [1.82, 2.24) is 9.99 Å². The van der Waals surface area contributed by atoms with Gasteiger partial charge in [-0.1, -0.05) is 19.3 Å². The number of halogens is 3. The van der Waals surface area contributed by atoms with E-state index >= 15 is 0 Å². The number of nitrogens with zero attached hydrogens (tertiary/aromatic N) is 3. The lowest BCUT2D eigenvalue weighted by atomic mass is 9.82. The van der Waals surface area contributed by atoms with Gasteiger partial charge in [-0.2, -0.15) is 23.3 Å². The Labute approximate surface area is 137 Å². The van der Waals surface area contributed by atoms with Gasteiger partial charge >= 0.3 is 6.18 Å². The minimum Gasteiger partial charge on any atom is -0.362 e. The van der Waals surface area contributed by atoms with Gasteiger partial charge in [0.2, 0.25) is 0 Å². The fraction of sp³-hybridized carbons (Fsp3) is 0.562. The smallest absolute Gasteiger partial charge is 0.362 e. The van der Waals surface area contributed by atoms with Gasteiger partial charge < -0.3 is 5.11 Å². The first-order valence-corrected chi connectivity index (χ1v) is 7.97. The van der Waals surface area contributed by atoms with Gasteiger partial charge in [-0.25, -0.2) is 0 Å². The monoisotopic (exact) mass is 341 g/mol. The summed E-state index contributed by atoms with van der Waals surface area (Å²) in [6.45, 7) is 0. The second kappa shape index (κ2) is 6.16. The fourth-order valence-corrected chi connectivity index (χ4v) is 3.39. The lowest BCUT2D eigenvalue weighted by molar-refractivity contribution is -0.312. The number of pyridine rings is 1. The Morgan fingerprint density at radius 3 is 2.54 bits per heavy atom. The van der Waals surface area contributed by atoms with Crippen molar-refractivity contribution in [3.63, 3.8) is 0 Å². The quantitative estimate of drug-likeness (QED) is 0.853. The van der Waals surface area contributed by atoms with E-state index in [0.717, 1.165) is 12.8 Å². The predicted molar refractivity (Wildman–Crippen MR) is 80.0 cm³/mol. The fourth-order valence-electron chi connectivity index (χ4n) is 3.39. The van der Waals surface area contributed by atoms with Crippen molar-refractivity contribution in [2.24, 2.45) is 11.0 Å². The molecule has 1 aliphatic heterocycles. The third-order valence-corrected chi connectivity index (χ3v) is 4.65. The number of carbonyl (C=O) groups excluding carboxylic acids is 1. The van der Waals surface area contributed by atoms with Gasteiger partial charge in [0.1, 0.15) is 0 Å². The molecule has 0 spiro atoms. The van der Waals surface area contributed by atoms with E-state index in [1.165, 1.54) is 24.5 Å². The summed E-state index contributed by atoms with van der Waals surface area (Å²) in [7, 11) is 0. The number of alkyl halides is 3. The molecule has 0 aromatic carbocycles. The standard InChI is InChI=1S/C16H18F3N3O2/c17-16(18,19)15(24)12-5-3-1-2-4-6-13(12)21-22(15)14(23)11-7-9-20-10-8-11/h7-10,12,24H,1-6H2/t12-,15-/m1/s1. The van der Waals surface area contributed by atoms with Crippen molar-refractivity contribution in [3.8, 4) is 0 Å². The highest BCUT2D eigenvalue weighted by atomic mass is 19.4. The van der Waals surface area contributed by atoms with Crippen molar-refractivity contribution in [2.45, 2.75) is 50.4 Å². The Morgan fingerprint density at radius 1 is 1.21 bits per heavy atom. The molecule has 130 valence electrons. The van der Waals surface area contributed by atoms with E-state index in [0.29, 0.717) is 19.3 Å². The van der Waals surface area contributed by atoms with E-state index in [4.69, 9.17) is 0 Å². The molecule has 1 aromatic rings. The summed E-state index contributed by atoms with van der Waals surface area (Å²) >= 11 is 0. The Kier molecular flexibility index (Phi) is 4.33. The van der Waals surface area contributed by atoms with Gasteiger partial charge in [0.05, 0.1) is 5.92 Å². The molecule has 1 fully saturated rings. The minimum atomic E-state index is -5.00. The van der Waals surface area contributed by atoms with Crippen LogP contribution in [-0.2, 0) is 0 Å². The van der Waals surface area contributed by atoms with Crippen LogP contribution in [0, 0.1) is 5.92 Å². The van der Waals surface area contributed by atoms with Gasteiger partial charge in [0.15, 0.2) is 0 Å². The molecule has 0 bridgehead atoms. The molecule has 1 N–H and O–H groups in total. The predicted octanol–water partition coefficient (Wildman–Crippen LogP) is 3.11. The molecular formula is C16H18F3N3O2. The molecule has 0 saturated heterocycles. The third kappa shape index (κ3) is 2.68. The zero-order chi connectivity index (χ0) is 17.4. The number of fused-ring (bicyclic) bond motifs is 1. The lowest BCUT2D eigenvalue weighted by Gasteiger charge is -2.37. The van der Waals surface area contributed by atoms with Crippen LogP contribution in [0.1, 0.15) is 48.9 Å². The molecular weight excluding hydrogens is 323 g/mol. The van der Waals surface area contributed by atoms with Crippen LogP contribution in [0.15, 0.2) is 29.6 Å². The topological polar surface area (TPSA) is 65.8 Å². The normalized spacial score (nSPS) is 27.9. The van der Waals surface area contributed by atoms with Crippen LogP contribution in [0.2, 0.25) is 0 Å². The van der Waals surface area contributed by atoms with Gasteiger partial charge in [-0.05, 0) is 31.4 Å².